The molecule has 0 saturated carbocycles. The molecule has 1 heterocycles. The summed E-state index contributed by atoms with van der Waals surface area (Å²) >= 11 is 0. The number of hydrogen-bond acceptors (Lipinski definition) is 3. The van der Waals surface area contributed by atoms with E-state index < -0.39 is 0 Å². The van der Waals surface area contributed by atoms with Crippen molar-refractivity contribution in [1.29, 1.82) is 0 Å². The van der Waals surface area contributed by atoms with Crippen LogP contribution in [0.1, 0.15) is 39.2 Å². The van der Waals surface area contributed by atoms with Crippen molar-refractivity contribution in [3.8, 4) is 5.75 Å². The summed E-state index contributed by atoms with van der Waals surface area (Å²) in [6.45, 7) is 10.6. The van der Waals surface area contributed by atoms with E-state index in [9.17, 15) is 0 Å². The lowest BCUT2D eigenvalue weighted by Crippen LogP contribution is -2.40. The molecule has 0 aliphatic carbocycles. The molecule has 0 aromatic heterocycles. The van der Waals surface area contributed by atoms with Crippen molar-refractivity contribution >= 4 is 0 Å². The highest BCUT2D eigenvalue weighted by atomic mass is 16.5. The molecule has 0 bridgehead atoms. The number of hydrogen-bond donors (Lipinski definition) is 1. The minimum Gasteiger partial charge on any atom is -0.494 e. The molecule has 1 N–H and O–H groups in total. The van der Waals surface area contributed by atoms with Crippen LogP contribution in [0.25, 0.3) is 0 Å². The average molecular weight is 276 g/mol. The number of nitrogens with one attached hydrogen (secondary N) is 1. The molecule has 1 aromatic rings. The maximum absolute atomic E-state index is 5.50. The average Bonchev–Trinajstić information content (AvgIpc) is 2.93. The smallest absolute Gasteiger partial charge is 0.119 e. The van der Waals surface area contributed by atoms with Crippen LogP contribution in [0.4, 0.5) is 0 Å². The molecule has 0 spiro atoms. The zero-order valence-corrected chi connectivity index (χ0v) is 13.1. The van der Waals surface area contributed by atoms with Crippen LogP contribution in [0.5, 0.6) is 5.75 Å². The quantitative estimate of drug-likeness (QED) is 0.828. The number of nitrogens with zero attached hydrogens (tertiary/aromatic N) is 1. The Balaban J connectivity index is 1.92. The molecule has 112 valence electrons. The van der Waals surface area contributed by atoms with Crippen LogP contribution >= 0.6 is 0 Å². The Morgan fingerprint density at radius 1 is 1.30 bits per heavy atom. The fraction of sp³-hybridized carbons (Fsp3) is 0.647. The van der Waals surface area contributed by atoms with E-state index in [1.807, 2.05) is 6.92 Å². The van der Waals surface area contributed by atoms with E-state index in [1.165, 1.54) is 24.9 Å². The van der Waals surface area contributed by atoms with Gasteiger partial charge in [-0.15, -0.1) is 0 Å². The molecule has 3 nitrogen and oxygen atoms in total. The molecule has 0 amide bonds. The molecule has 20 heavy (non-hydrogen) atoms. The first-order valence-corrected chi connectivity index (χ1v) is 7.88. The summed E-state index contributed by atoms with van der Waals surface area (Å²) in [5.74, 6) is 0.963. The van der Waals surface area contributed by atoms with Gasteiger partial charge >= 0.3 is 0 Å². The van der Waals surface area contributed by atoms with E-state index >= 15 is 0 Å². The monoisotopic (exact) mass is 276 g/mol. The first-order chi connectivity index (χ1) is 9.69. The summed E-state index contributed by atoms with van der Waals surface area (Å²) in [7, 11) is 0. The lowest BCUT2D eigenvalue weighted by molar-refractivity contribution is 0.194. The van der Waals surface area contributed by atoms with E-state index in [1.54, 1.807) is 0 Å². The minimum atomic E-state index is 0.573. The fourth-order valence-corrected chi connectivity index (χ4v) is 2.75. The zero-order chi connectivity index (χ0) is 14.4. The molecule has 1 fully saturated rings. The van der Waals surface area contributed by atoms with Gasteiger partial charge in [0.15, 0.2) is 0 Å². The second-order valence-electron chi connectivity index (χ2n) is 5.89. The Hall–Kier alpha value is -1.06. The number of benzene rings is 1. The summed E-state index contributed by atoms with van der Waals surface area (Å²) in [6, 6.07) is 9.75. The molecular weight excluding hydrogens is 248 g/mol. The van der Waals surface area contributed by atoms with E-state index in [0.717, 1.165) is 25.4 Å². The molecule has 1 unspecified atom stereocenters. The Kier molecular flexibility index (Phi) is 5.86. The predicted octanol–water partition coefficient (Wildman–Crippen LogP) is 3.05. The van der Waals surface area contributed by atoms with Crippen molar-refractivity contribution < 1.29 is 4.74 Å². The fourth-order valence-electron chi connectivity index (χ4n) is 2.75. The predicted molar refractivity (Wildman–Crippen MR) is 84.2 cm³/mol. The van der Waals surface area contributed by atoms with Gasteiger partial charge in [-0.3, -0.25) is 4.90 Å². The van der Waals surface area contributed by atoms with Gasteiger partial charge in [-0.05, 0) is 57.9 Å². The van der Waals surface area contributed by atoms with E-state index in [2.05, 4.69) is 48.3 Å². The lowest BCUT2D eigenvalue weighted by atomic mass is 10.1. The van der Waals surface area contributed by atoms with Crippen molar-refractivity contribution in [3.63, 3.8) is 0 Å². The van der Waals surface area contributed by atoms with Gasteiger partial charge in [0.2, 0.25) is 0 Å². The Morgan fingerprint density at radius 2 is 2.05 bits per heavy atom. The Bertz CT molecular complexity index is 382. The van der Waals surface area contributed by atoms with Crippen LogP contribution in [0.2, 0.25) is 0 Å². The largest absolute Gasteiger partial charge is 0.494 e. The first kappa shape index (κ1) is 15.3. The Morgan fingerprint density at radius 3 is 2.60 bits per heavy atom. The molecule has 1 aliphatic rings. The van der Waals surface area contributed by atoms with Crippen LogP contribution in [0, 0.1) is 0 Å². The zero-order valence-electron chi connectivity index (χ0n) is 13.1. The molecule has 1 aromatic carbocycles. The highest BCUT2D eigenvalue weighted by Crippen LogP contribution is 2.16. The second kappa shape index (κ2) is 7.65. The van der Waals surface area contributed by atoms with Crippen LogP contribution in [-0.2, 0) is 6.54 Å². The van der Waals surface area contributed by atoms with Crippen molar-refractivity contribution in [3.05, 3.63) is 29.8 Å². The van der Waals surface area contributed by atoms with Gasteiger partial charge < -0.3 is 10.1 Å². The minimum absolute atomic E-state index is 0.573. The third kappa shape index (κ3) is 4.50. The van der Waals surface area contributed by atoms with Crippen molar-refractivity contribution in [2.75, 3.05) is 19.7 Å². The van der Waals surface area contributed by atoms with Crippen LogP contribution in [0.3, 0.4) is 0 Å². The first-order valence-electron chi connectivity index (χ1n) is 7.88. The van der Waals surface area contributed by atoms with Crippen LogP contribution in [-0.4, -0.2) is 36.7 Å². The van der Waals surface area contributed by atoms with Gasteiger partial charge in [0.1, 0.15) is 5.75 Å². The normalized spacial score (nSPS) is 18.9. The molecule has 3 heteroatoms. The number of rotatable bonds is 7. The van der Waals surface area contributed by atoms with Gasteiger partial charge in [0.05, 0.1) is 6.61 Å². The lowest BCUT2D eigenvalue weighted by Gasteiger charge is -2.29. The van der Waals surface area contributed by atoms with Gasteiger partial charge in [0.25, 0.3) is 0 Å². The third-order valence-electron chi connectivity index (χ3n) is 3.97. The van der Waals surface area contributed by atoms with Crippen molar-refractivity contribution in [2.45, 2.75) is 52.2 Å². The van der Waals surface area contributed by atoms with Gasteiger partial charge in [-0.2, -0.15) is 0 Å². The highest BCUT2D eigenvalue weighted by molar-refractivity contribution is 5.27. The van der Waals surface area contributed by atoms with Crippen LogP contribution < -0.4 is 10.1 Å². The van der Waals surface area contributed by atoms with Gasteiger partial charge in [-0.1, -0.05) is 12.1 Å². The maximum Gasteiger partial charge on any atom is 0.119 e. The second-order valence-corrected chi connectivity index (χ2v) is 5.89. The molecular formula is C17H28N2O. The van der Waals surface area contributed by atoms with Crippen molar-refractivity contribution in [2.24, 2.45) is 0 Å². The molecule has 1 saturated heterocycles. The molecule has 1 atom stereocenters. The molecule has 2 rings (SSSR count). The third-order valence-corrected chi connectivity index (χ3v) is 3.97. The summed E-state index contributed by atoms with van der Waals surface area (Å²) < 4.78 is 5.50. The van der Waals surface area contributed by atoms with Gasteiger partial charge in [-0.25, -0.2) is 0 Å². The van der Waals surface area contributed by atoms with E-state index in [0.29, 0.717) is 12.1 Å². The summed E-state index contributed by atoms with van der Waals surface area (Å²) in [5.41, 5.74) is 1.36. The SMILES string of the molecule is CCOc1ccc(CN(CC2CCCN2)C(C)C)cc1. The van der Waals surface area contributed by atoms with E-state index in [4.69, 9.17) is 4.74 Å². The number of ether oxygens (including phenoxy) is 1. The topological polar surface area (TPSA) is 24.5 Å². The van der Waals surface area contributed by atoms with Gasteiger partial charge in [0, 0.05) is 25.2 Å². The molecule has 0 radical (unpaired) electrons. The summed E-state index contributed by atoms with van der Waals surface area (Å²) in [6.07, 6.45) is 2.63. The van der Waals surface area contributed by atoms with E-state index in [-0.39, 0.29) is 0 Å². The summed E-state index contributed by atoms with van der Waals surface area (Å²) in [5, 5.41) is 3.59. The van der Waals surface area contributed by atoms with Crippen molar-refractivity contribution in [1.82, 2.24) is 10.2 Å². The molecule has 1 aliphatic heterocycles. The Labute approximate surface area is 123 Å². The maximum atomic E-state index is 5.50. The summed E-state index contributed by atoms with van der Waals surface area (Å²) in [4.78, 5) is 2.55. The highest BCUT2D eigenvalue weighted by Gasteiger charge is 2.19. The standard InChI is InChI=1S/C17H28N2O/c1-4-20-17-9-7-15(8-10-17)12-19(14(2)3)13-16-6-5-11-18-16/h7-10,14,16,18H,4-6,11-13H2,1-3H3. The van der Waals surface area contributed by atoms with Crippen LogP contribution in [0.15, 0.2) is 24.3 Å².